The van der Waals surface area contributed by atoms with E-state index in [0.717, 1.165) is 36.9 Å². The van der Waals surface area contributed by atoms with Crippen LogP contribution in [0.4, 0.5) is 5.69 Å². The van der Waals surface area contributed by atoms with Gasteiger partial charge in [0.05, 0.1) is 16.9 Å². The topological polar surface area (TPSA) is 56.0 Å². The zero-order valence-electron chi connectivity index (χ0n) is 12.7. The van der Waals surface area contributed by atoms with E-state index in [1.54, 1.807) is 0 Å². The summed E-state index contributed by atoms with van der Waals surface area (Å²) in [5, 5.41) is 23.1. The van der Waals surface area contributed by atoms with Gasteiger partial charge >= 0.3 is 0 Å². The molecule has 108 valence electrons. The van der Waals surface area contributed by atoms with E-state index in [4.69, 9.17) is 5.26 Å². The van der Waals surface area contributed by atoms with Crippen molar-refractivity contribution in [2.45, 2.75) is 52.1 Å². The standard InChI is InChI=1S/C17H24N2O/c1-13-5-4-6-14(11-18)15(13)19-12-17(20)9-7-16(2,3)8-10-17/h4-6,19-20H,7-10,12H2,1-3H3. The molecule has 1 saturated carbocycles. The molecule has 0 aromatic heterocycles. The number of rotatable bonds is 3. The van der Waals surface area contributed by atoms with Crippen molar-refractivity contribution in [3.63, 3.8) is 0 Å². The van der Waals surface area contributed by atoms with Crippen LogP contribution in [-0.2, 0) is 0 Å². The lowest BCUT2D eigenvalue weighted by Gasteiger charge is -2.40. The van der Waals surface area contributed by atoms with E-state index in [9.17, 15) is 5.11 Å². The lowest BCUT2D eigenvalue weighted by molar-refractivity contribution is -0.0145. The van der Waals surface area contributed by atoms with E-state index in [0.29, 0.717) is 17.5 Å². The predicted molar refractivity (Wildman–Crippen MR) is 81.6 cm³/mol. The Balaban J connectivity index is 2.05. The Hall–Kier alpha value is -1.53. The van der Waals surface area contributed by atoms with Gasteiger partial charge in [-0.1, -0.05) is 26.0 Å². The first-order chi connectivity index (χ1) is 9.35. The smallest absolute Gasteiger partial charge is 0.101 e. The zero-order valence-corrected chi connectivity index (χ0v) is 12.7. The normalized spacial score (nSPS) is 20.1. The number of nitrogens with one attached hydrogen (secondary N) is 1. The number of aryl methyl sites for hydroxylation is 1. The van der Waals surface area contributed by atoms with Gasteiger partial charge in [-0.15, -0.1) is 0 Å². The van der Waals surface area contributed by atoms with Crippen LogP contribution >= 0.6 is 0 Å². The highest BCUT2D eigenvalue weighted by molar-refractivity contribution is 5.62. The van der Waals surface area contributed by atoms with Crippen molar-refractivity contribution in [3.8, 4) is 6.07 Å². The maximum Gasteiger partial charge on any atom is 0.101 e. The molecule has 20 heavy (non-hydrogen) atoms. The molecule has 0 radical (unpaired) electrons. The van der Waals surface area contributed by atoms with Crippen molar-refractivity contribution < 1.29 is 5.11 Å². The minimum atomic E-state index is -0.648. The maximum absolute atomic E-state index is 10.7. The Morgan fingerprint density at radius 1 is 1.25 bits per heavy atom. The van der Waals surface area contributed by atoms with Gasteiger partial charge in [-0.25, -0.2) is 0 Å². The summed E-state index contributed by atoms with van der Waals surface area (Å²) in [6, 6.07) is 7.88. The molecule has 2 rings (SSSR count). The van der Waals surface area contributed by atoms with Crippen molar-refractivity contribution in [1.82, 2.24) is 0 Å². The second-order valence-electron chi connectivity index (χ2n) is 6.85. The van der Waals surface area contributed by atoms with Gasteiger partial charge in [-0.3, -0.25) is 0 Å². The van der Waals surface area contributed by atoms with Crippen molar-refractivity contribution in [2.24, 2.45) is 5.41 Å². The lowest BCUT2D eigenvalue weighted by Crippen LogP contribution is -2.42. The molecule has 1 aliphatic rings. The van der Waals surface area contributed by atoms with E-state index < -0.39 is 5.60 Å². The van der Waals surface area contributed by atoms with E-state index >= 15 is 0 Å². The third-order valence-electron chi connectivity index (χ3n) is 4.52. The van der Waals surface area contributed by atoms with Crippen LogP contribution in [0.2, 0.25) is 0 Å². The highest BCUT2D eigenvalue weighted by atomic mass is 16.3. The van der Waals surface area contributed by atoms with Crippen LogP contribution < -0.4 is 5.32 Å². The summed E-state index contributed by atoms with van der Waals surface area (Å²) >= 11 is 0. The van der Waals surface area contributed by atoms with Crippen molar-refractivity contribution in [3.05, 3.63) is 29.3 Å². The molecule has 0 bridgehead atoms. The summed E-state index contributed by atoms with van der Waals surface area (Å²) in [5.41, 5.74) is 2.24. The number of aliphatic hydroxyl groups is 1. The third-order valence-corrected chi connectivity index (χ3v) is 4.52. The average Bonchev–Trinajstić information content (AvgIpc) is 2.41. The van der Waals surface area contributed by atoms with E-state index in [-0.39, 0.29) is 0 Å². The van der Waals surface area contributed by atoms with E-state index in [1.165, 1.54) is 0 Å². The Bertz CT molecular complexity index is 518. The minimum absolute atomic E-state index is 0.340. The average molecular weight is 272 g/mol. The van der Waals surface area contributed by atoms with Gasteiger partial charge in [0.2, 0.25) is 0 Å². The molecule has 1 aromatic carbocycles. The Labute approximate surface area is 121 Å². The first kappa shape index (κ1) is 14.9. The molecular formula is C17H24N2O. The van der Waals surface area contributed by atoms with Crippen molar-refractivity contribution in [1.29, 1.82) is 5.26 Å². The molecule has 3 nitrogen and oxygen atoms in total. The molecule has 1 aliphatic carbocycles. The minimum Gasteiger partial charge on any atom is -0.388 e. The van der Waals surface area contributed by atoms with Crippen LogP contribution in [0.5, 0.6) is 0 Å². The van der Waals surface area contributed by atoms with Crippen LogP contribution in [0.1, 0.15) is 50.7 Å². The lowest BCUT2D eigenvalue weighted by atomic mass is 9.71. The van der Waals surface area contributed by atoms with Crippen LogP contribution in [-0.4, -0.2) is 17.3 Å². The van der Waals surface area contributed by atoms with Gasteiger partial charge in [-0.2, -0.15) is 5.26 Å². The number of hydrogen-bond acceptors (Lipinski definition) is 3. The Morgan fingerprint density at radius 3 is 2.50 bits per heavy atom. The van der Waals surface area contributed by atoms with Gasteiger partial charge in [0.15, 0.2) is 0 Å². The molecule has 0 saturated heterocycles. The van der Waals surface area contributed by atoms with Crippen molar-refractivity contribution in [2.75, 3.05) is 11.9 Å². The molecule has 3 heteroatoms. The van der Waals surface area contributed by atoms with Gasteiger partial charge < -0.3 is 10.4 Å². The number of nitriles is 1. The summed E-state index contributed by atoms with van der Waals surface area (Å²) in [6.45, 7) is 7.02. The summed E-state index contributed by atoms with van der Waals surface area (Å²) in [6.07, 6.45) is 3.73. The summed E-state index contributed by atoms with van der Waals surface area (Å²) in [7, 11) is 0. The van der Waals surface area contributed by atoms with Crippen LogP contribution in [0.25, 0.3) is 0 Å². The highest BCUT2D eigenvalue weighted by Crippen LogP contribution is 2.40. The molecule has 1 fully saturated rings. The molecule has 2 N–H and O–H groups in total. The van der Waals surface area contributed by atoms with Crippen LogP contribution in [0.3, 0.4) is 0 Å². The third kappa shape index (κ3) is 3.32. The fourth-order valence-corrected chi connectivity index (χ4v) is 2.82. The fourth-order valence-electron chi connectivity index (χ4n) is 2.82. The quantitative estimate of drug-likeness (QED) is 0.883. The van der Waals surface area contributed by atoms with E-state index in [1.807, 2.05) is 25.1 Å². The molecular weight excluding hydrogens is 248 g/mol. The zero-order chi connectivity index (χ0) is 14.8. The van der Waals surface area contributed by atoms with Crippen LogP contribution in [0.15, 0.2) is 18.2 Å². The number of hydrogen-bond donors (Lipinski definition) is 2. The van der Waals surface area contributed by atoms with E-state index in [2.05, 4.69) is 25.2 Å². The Kier molecular flexibility index (Phi) is 4.06. The van der Waals surface area contributed by atoms with Crippen molar-refractivity contribution >= 4 is 5.69 Å². The molecule has 0 aliphatic heterocycles. The first-order valence-corrected chi connectivity index (χ1v) is 7.31. The Morgan fingerprint density at radius 2 is 1.90 bits per heavy atom. The van der Waals surface area contributed by atoms with Gasteiger partial charge in [-0.05, 0) is 49.7 Å². The predicted octanol–water partition coefficient (Wildman–Crippen LogP) is 3.61. The highest BCUT2D eigenvalue weighted by Gasteiger charge is 2.36. The number of nitrogens with zero attached hydrogens (tertiary/aromatic N) is 1. The molecule has 1 aromatic rings. The number of anilines is 1. The summed E-state index contributed by atoms with van der Waals surface area (Å²) < 4.78 is 0. The second kappa shape index (κ2) is 5.46. The second-order valence-corrected chi connectivity index (χ2v) is 6.85. The maximum atomic E-state index is 10.7. The van der Waals surface area contributed by atoms with Gasteiger partial charge in [0, 0.05) is 6.54 Å². The number of benzene rings is 1. The number of para-hydroxylation sites is 1. The molecule has 0 unspecified atom stereocenters. The molecule has 0 heterocycles. The molecule has 0 spiro atoms. The van der Waals surface area contributed by atoms with Gasteiger partial charge in [0.25, 0.3) is 0 Å². The molecule has 0 atom stereocenters. The van der Waals surface area contributed by atoms with Crippen LogP contribution in [0, 0.1) is 23.7 Å². The summed E-state index contributed by atoms with van der Waals surface area (Å²) in [4.78, 5) is 0. The molecule has 0 amide bonds. The first-order valence-electron chi connectivity index (χ1n) is 7.31. The largest absolute Gasteiger partial charge is 0.388 e. The fraction of sp³-hybridized carbons (Fsp3) is 0.588. The monoisotopic (exact) mass is 272 g/mol. The van der Waals surface area contributed by atoms with Gasteiger partial charge in [0.1, 0.15) is 6.07 Å². The summed E-state index contributed by atoms with van der Waals surface area (Å²) in [5.74, 6) is 0. The SMILES string of the molecule is Cc1cccc(C#N)c1NCC1(O)CCC(C)(C)CC1.